The number of rotatable bonds is 4. The Morgan fingerprint density at radius 3 is 2.89 bits per heavy atom. The first-order chi connectivity index (χ1) is 9.18. The molecule has 0 aliphatic carbocycles. The quantitative estimate of drug-likeness (QED) is 0.906. The van der Waals surface area contributed by atoms with Crippen molar-refractivity contribution in [2.45, 2.75) is 32.6 Å². The number of hydrogen-bond donors (Lipinski definition) is 1. The standard InChI is InChI=1S/C15H22N2O2/c1-11(2)14-13(4-3-7-16-14)15(18)17-10-12-5-8-19-9-6-12/h3-4,7,11-12H,5-6,8-10H2,1-2H3,(H,17,18). The molecular weight excluding hydrogens is 240 g/mol. The highest BCUT2D eigenvalue weighted by Gasteiger charge is 2.17. The maximum atomic E-state index is 12.2. The van der Waals surface area contributed by atoms with Gasteiger partial charge in [0.2, 0.25) is 0 Å². The SMILES string of the molecule is CC(C)c1ncccc1C(=O)NCC1CCOCC1. The zero-order valence-corrected chi connectivity index (χ0v) is 11.7. The Bertz CT molecular complexity index is 426. The minimum absolute atomic E-state index is 0.0108. The molecule has 0 spiro atoms. The second-order valence-electron chi connectivity index (χ2n) is 5.36. The van der Waals surface area contributed by atoms with Gasteiger partial charge in [-0.15, -0.1) is 0 Å². The molecule has 0 aromatic carbocycles. The number of nitrogens with zero attached hydrogens (tertiary/aromatic N) is 1. The van der Waals surface area contributed by atoms with E-state index in [0.717, 1.165) is 38.3 Å². The van der Waals surface area contributed by atoms with Crippen molar-refractivity contribution in [2.75, 3.05) is 19.8 Å². The zero-order chi connectivity index (χ0) is 13.7. The van der Waals surface area contributed by atoms with Crippen LogP contribution in [0.5, 0.6) is 0 Å². The molecule has 1 N–H and O–H groups in total. The van der Waals surface area contributed by atoms with Crippen LogP contribution < -0.4 is 5.32 Å². The molecule has 0 bridgehead atoms. The largest absolute Gasteiger partial charge is 0.381 e. The Labute approximate surface area is 114 Å². The minimum atomic E-state index is -0.0108. The summed E-state index contributed by atoms with van der Waals surface area (Å²) >= 11 is 0. The third-order valence-electron chi connectivity index (χ3n) is 3.52. The summed E-state index contributed by atoms with van der Waals surface area (Å²) in [5, 5.41) is 3.03. The number of carbonyl (C=O) groups is 1. The van der Waals surface area contributed by atoms with E-state index in [1.54, 1.807) is 6.20 Å². The highest BCUT2D eigenvalue weighted by atomic mass is 16.5. The van der Waals surface area contributed by atoms with Gasteiger partial charge in [-0.2, -0.15) is 0 Å². The van der Waals surface area contributed by atoms with Gasteiger partial charge in [-0.1, -0.05) is 13.8 Å². The smallest absolute Gasteiger partial charge is 0.253 e. The molecular formula is C15H22N2O2. The van der Waals surface area contributed by atoms with Gasteiger partial charge in [0.15, 0.2) is 0 Å². The Morgan fingerprint density at radius 1 is 1.47 bits per heavy atom. The summed E-state index contributed by atoms with van der Waals surface area (Å²) in [5.41, 5.74) is 1.57. The lowest BCUT2D eigenvalue weighted by Crippen LogP contribution is -2.32. The van der Waals surface area contributed by atoms with Gasteiger partial charge in [0.1, 0.15) is 0 Å². The summed E-state index contributed by atoms with van der Waals surface area (Å²) in [7, 11) is 0. The van der Waals surface area contributed by atoms with Crippen LogP contribution in [0.1, 0.15) is 48.7 Å². The van der Waals surface area contributed by atoms with Crippen LogP contribution in [-0.4, -0.2) is 30.6 Å². The molecule has 0 atom stereocenters. The molecule has 4 nitrogen and oxygen atoms in total. The van der Waals surface area contributed by atoms with Crippen molar-refractivity contribution in [3.63, 3.8) is 0 Å². The fraction of sp³-hybridized carbons (Fsp3) is 0.600. The summed E-state index contributed by atoms with van der Waals surface area (Å²) in [6.45, 7) is 6.46. The fourth-order valence-electron chi connectivity index (χ4n) is 2.35. The van der Waals surface area contributed by atoms with E-state index in [1.807, 2.05) is 12.1 Å². The van der Waals surface area contributed by atoms with Gasteiger partial charge in [0.25, 0.3) is 5.91 Å². The third kappa shape index (κ3) is 3.77. The van der Waals surface area contributed by atoms with Crippen LogP contribution in [0.2, 0.25) is 0 Å². The topological polar surface area (TPSA) is 51.2 Å². The molecule has 1 aromatic rings. The highest BCUT2D eigenvalue weighted by Crippen LogP contribution is 2.17. The number of pyridine rings is 1. The van der Waals surface area contributed by atoms with Gasteiger partial charge in [-0.25, -0.2) is 0 Å². The summed E-state index contributed by atoms with van der Waals surface area (Å²) in [5.74, 6) is 0.783. The number of nitrogens with one attached hydrogen (secondary N) is 1. The molecule has 0 radical (unpaired) electrons. The lowest BCUT2D eigenvalue weighted by molar-refractivity contribution is 0.0642. The van der Waals surface area contributed by atoms with Crippen molar-refractivity contribution < 1.29 is 9.53 Å². The first-order valence-electron chi connectivity index (χ1n) is 6.99. The lowest BCUT2D eigenvalue weighted by Gasteiger charge is -2.22. The summed E-state index contributed by atoms with van der Waals surface area (Å²) in [6, 6.07) is 3.66. The van der Waals surface area contributed by atoms with Crippen molar-refractivity contribution in [3.05, 3.63) is 29.6 Å². The number of aromatic nitrogens is 1. The predicted octanol–water partition coefficient (Wildman–Crippen LogP) is 2.36. The molecule has 0 unspecified atom stereocenters. The molecule has 1 aliphatic heterocycles. The van der Waals surface area contributed by atoms with Crippen LogP contribution in [0.15, 0.2) is 18.3 Å². The maximum absolute atomic E-state index is 12.2. The molecule has 1 saturated heterocycles. The van der Waals surface area contributed by atoms with Gasteiger partial charge in [0.05, 0.1) is 11.3 Å². The van der Waals surface area contributed by atoms with Crippen molar-refractivity contribution in [2.24, 2.45) is 5.92 Å². The molecule has 1 aliphatic rings. The third-order valence-corrected chi connectivity index (χ3v) is 3.52. The van der Waals surface area contributed by atoms with Crippen LogP contribution in [0.3, 0.4) is 0 Å². The normalized spacial score (nSPS) is 16.6. The second-order valence-corrected chi connectivity index (χ2v) is 5.36. The highest BCUT2D eigenvalue weighted by molar-refractivity contribution is 5.95. The molecule has 2 heterocycles. The Hall–Kier alpha value is -1.42. The van der Waals surface area contributed by atoms with E-state index in [-0.39, 0.29) is 11.8 Å². The van der Waals surface area contributed by atoms with Gasteiger partial charge in [0, 0.05) is 26.0 Å². The number of hydrogen-bond acceptors (Lipinski definition) is 3. The molecule has 104 valence electrons. The lowest BCUT2D eigenvalue weighted by atomic mass is 9.99. The second kappa shape index (κ2) is 6.66. The van der Waals surface area contributed by atoms with E-state index in [9.17, 15) is 4.79 Å². The summed E-state index contributed by atoms with van der Waals surface area (Å²) < 4.78 is 5.32. The Morgan fingerprint density at radius 2 is 2.21 bits per heavy atom. The minimum Gasteiger partial charge on any atom is -0.381 e. The molecule has 0 saturated carbocycles. The van der Waals surface area contributed by atoms with Gasteiger partial charge in [-0.05, 0) is 36.8 Å². The van der Waals surface area contributed by atoms with Gasteiger partial charge >= 0.3 is 0 Å². The van der Waals surface area contributed by atoms with Gasteiger partial charge < -0.3 is 10.1 Å². The van der Waals surface area contributed by atoms with Crippen molar-refractivity contribution in [1.29, 1.82) is 0 Å². The molecule has 1 amide bonds. The Balaban J connectivity index is 1.95. The summed E-state index contributed by atoms with van der Waals surface area (Å²) in [6.07, 6.45) is 3.80. The van der Waals surface area contributed by atoms with E-state index in [4.69, 9.17) is 4.74 Å². The monoisotopic (exact) mass is 262 g/mol. The Kier molecular flexibility index (Phi) is 4.91. The number of ether oxygens (including phenoxy) is 1. The first kappa shape index (κ1) is 14.0. The van der Waals surface area contributed by atoms with E-state index >= 15 is 0 Å². The number of carbonyl (C=O) groups excluding carboxylic acids is 1. The first-order valence-corrected chi connectivity index (χ1v) is 6.99. The average Bonchev–Trinajstić information content (AvgIpc) is 2.46. The molecule has 1 aromatic heterocycles. The molecule has 19 heavy (non-hydrogen) atoms. The molecule has 4 heteroatoms. The van der Waals surface area contributed by atoms with Gasteiger partial charge in [-0.3, -0.25) is 9.78 Å². The number of amides is 1. The van der Waals surface area contributed by atoms with Crippen LogP contribution in [0.25, 0.3) is 0 Å². The van der Waals surface area contributed by atoms with E-state index in [1.165, 1.54) is 0 Å². The maximum Gasteiger partial charge on any atom is 0.253 e. The molecule has 1 fully saturated rings. The van der Waals surface area contributed by atoms with E-state index < -0.39 is 0 Å². The van der Waals surface area contributed by atoms with E-state index in [2.05, 4.69) is 24.1 Å². The van der Waals surface area contributed by atoms with Crippen molar-refractivity contribution in [3.8, 4) is 0 Å². The van der Waals surface area contributed by atoms with Crippen LogP contribution in [0, 0.1) is 5.92 Å². The van der Waals surface area contributed by atoms with Crippen molar-refractivity contribution in [1.82, 2.24) is 10.3 Å². The van der Waals surface area contributed by atoms with Crippen LogP contribution in [-0.2, 0) is 4.74 Å². The summed E-state index contributed by atoms with van der Waals surface area (Å²) in [4.78, 5) is 16.5. The zero-order valence-electron chi connectivity index (χ0n) is 11.7. The van der Waals surface area contributed by atoms with E-state index in [0.29, 0.717) is 11.5 Å². The van der Waals surface area contributed by atoms with Crippen molar-refractivity contribution >= 4 is 5.91 Å². The average molecular weight is 262 g/mol. The molecule has 2 rings (SSSR count). The van der Waals surface area contributed by atoms with Crippen LogP contribution >= 0.6 is 0 Å². The predicted molar refractivity (Wildman–Crippen MR) is 74.2 cm³/mol. The fourth-order valence-corrected chi connectivity index (χ4v) is 2.35. The van der Waals surface area contributed by atoms with Crippen LogP contribution in [0.4, 0.5) is 0 Å².